The van der Waals surface area contributed by atoms with Crippen molar-refractivity contribution in [2.24, 2.45) is 9.98 Å². The second kappa shape index (κ2) is 11.6. The van der Waals surface area contributed by atoms with Gasteiger partial charge in [0.25, 0.3) is 0 Å². The molecule has 152 valence electrons. The quantitative estimate of drug-likeness (QED) is 0.274. The van der Waals surface area contributed by atoms with Gasteiger partial charge in [-0.1, -0.05) is 36.3 Å². The number of aliphatic imine (C=N–C) groups is 2. The van der Waals surface area contributed by atoms with Crippen molar-refractivity contribution in [3.8, 4) is 12.3 Å². The molecule has 0 unspecified atom stereocenters. The number of hydrogen-bond acceptors (Lipinski definition) is 3. The van der Waals surface area contributed by atoms with Gasteiger partial charge in [0, 0.05) is 23.1 Å². The standard InChI is InChI=1S/C25H29FN2O/c1-9-20-22(14-12-13-15-24(20)26)21(10-2)25(11-3)28-18(6)23(17(4)5)16-27-19(7)29-8/h1,10-11,13,15-16H,2,7,12,14H2,3-6,8H3/b22-21-,25-11-,27-16?,28-18?. The minimum absolute atomic E-state index is 0.251. The first kappa shape index (κ1) is 23.8. The Bertz CT molecular complexity index is 924. The molecule has 0 fully saturated rings. The van der Waals surface area contributed by atoms with E-state index in [1.165, 1.54) is 13.2 Å². The second-order valence-corrected chi connectivity index (χ2v) is 6.55. The van der Waals surface area contributed by atoms with E-state index in [4.69, 9.17) is 16.2 Å². The van der Waals surface area contributed by atoms with Crippen molar-refractivity contribution in [2.75, 3.05) is 7.11 Å². The Balaban J connectivity index is 3.54. The van der Waals surface area contributed by atoms with Crippen molar-refractivity contribution < 1.29 is 9.13 Å². The van der Waals surface area contributed by atoms with Crippen LogP contribution in [0.2, 0.25) is 0 Å². The molecule has 0 saturated carbocycles. The maximum Gasteiger partial charge on any atom is 0.205 e. The number of rotatable bonds is 7. The van der Waals surface area contributed by atoms with E-state index in [2.05, 4.69) is 24.1 Å². The lowest BCUT2D eigenvalue weighted by Gasteiger charge is -2.14. The molecule has 1 aliphatic carbocycles. The van der Waals surface area contributed by atoms with Crippen LogP contribution in [-0.4, -0.2) is 19.0 Å². The SMILES string of the molecule is C#CC1=C(F)C=CCC/C1=C(C=C)/C(=C/C)N=C(C)C(C=NC(=C)OC)=C(C)C. The van der Waals surface area contributed by atoms with Gasteiger partial charge in [-0.2, -0.15) is 0 Å². The Morgan fingerprint density at radius 2 is 2.03 bits per heavy atom. The molecule has 0 N–H and O–H groups in total. The van der Waals surface area contributed by atoms with E-state index >= 15 is 0 Å². The van der Waals surface area contributed by atoms with Crippen LogP contribution in [0.15, 0.2) is 92.7 Å². The molecule has 1 aliphatic rings. The van der Waals surface area contributed by atoms with Gasteiger partial charge < -0.3 is 4.74 Å². The Hall–Kier alpha value is -3.19. The number of terminal acetylenes is 1. The van der Waals surface area contributed by atoms with E-state index in [1.54, 1.807) is 18.4 Å². The topological polar surface area (TPSA) is 34.0 Å². The van der Waals surface area contributed by atoms with Crippen molar-refractivity contribution >= 4 is 11.9 Å². The molecule has 4 heteroatoms. The van der Waals surface area contributed by atoms with E-state index in [-0.39, 0.29) is 5.57 Å². The molecule has 0 aromatic carbocycles. The van der Waals surface area contributed by atoms with E-state index in [9.17, 15) is 4.39 Å². The van der Waals surface area contributed by atoms with Gasteiger partial charge in [-0.15, -0.1) is 6.42 Å². The molecule has 29 heavy (non-hydrogen) atoms. The summed E-state index contributed by atoms with van der Waals surface area (Å²) in [6.07, 6.45) is 15.3. The highest BCUT2D eigenvalue weighted by Crippen LogP contribution is 2.31. The number of allylic oxidation sites excluding steroid dienone is 9. The predicted octanol–water partition coefficient (Wildman–Crippen LogP) is 6.57. The van der Waals surface area contributed by atoms with Gasteiger partial charge in [0.15, 0.2) is 0 Å². The first-order chi connectivity index (χ1) is 13.8. The van der Waals surface area contributed by atoms with E-state index in [0.717, 1.165) is 28.0 Å². The summed E-state index contributed by atoms with van der Waals surface area (Å²) in [5, 5.41) is 0. The molecular formula is C25H29FN2O. The number of nitrogens with zero attached hydrogens (tertiary/aromatic N) is 2. The third kappa shape index (κ3) is 6.43. The highest BCUT2D eigenvalue weighted by molar-refractivity contribution is 6.16. The van der Waals surface area contributed by atoms with E-state index in [1.807, 2.05) is 33.8 Å². The average molecular weight is 393 g/mol. The number of hydrogen-bond donors (Lipinski definition) is 0. The lowest BCUT2D eigenvalue weighted by molar-refractivity contribution is 0.291. The van der Waals surface area contributed by atoms with Gasteiger partial charge in [-0.25, -0.2) is 9.38 Å². The third-order valence-corrected chi connectivity index (χ3v) is 4.38. The fourth-order valence-corrected chi connectivity index (χ4v) is 2.87. The molecule has 0 heterocycles. The minimum atomic E-state index is -0.411. The minimum Gasteiger partial charge on any atom is -0.481 e. The zero-order valence-electron chi connectivity index (χ0n) is 18.0. The summed E-state index contributed by atoms with van der Waals surface area (Å²) in [6.45, 7) is 15.3. The highest BCUT2D eigenvalue weighted by atomic mass is 19.1. The summed E-state index contributed by atoms with van der Waals surface area (Å²) < 4.78 is 19.4. The summed E-state index contributed by atoms with van der Waals surface area (Å²) >= 11 is 0. The number of halogens is 1. The maximum atomic E-state index is 14.4. The van der Waals surface area contributed by atoms with Crippen molar-refractivity contribution in [1.82, 2.24) is 0 Å². The summed E-state index contributed by atoms with van der Waals surface area (Å²) in [7, 11) is 1.51. The third-order valence-electron chi connectivity index (χ3n) is 4.38. The van der Waals surface area contributed by atoms with Crippen LogP contribution in [0.5, 0.6) is 0 Å². The molecular weight excluding hydrogens is 363 g/mol. The molecule has 0 aromatic rings. The Labute approximate surface area is 174 Å². The molecule has 0 saturated heterocycles. The average Bonchev–Trinajstić information content (AvgIpc) is 2.88. The molecule has 0 aromatic heterocycles. The van der Waals surface area contributed by atoms with Crippen LogP contribution in [0.4, 0.5) is 4.39 Å². The van der Waals surface area contributed by atoms with Crippen LogP contribution >= 0.6 is 0 Å². The largest absolute Gasteiger partial charge is 0.481 e. The summed E-state index contributed by atoms with van der Waals surface area (Å²) in [5.74, 6) is 2.38. The molecule has 1 rings (SSSR count). The van der Waals surface area contributed by atoms with Gasteiger partial charge in [-0.05, 0) is 58.8 Å². The second-order valence-electron chi connectivity index (χ2n) is 6.55. The Kier molecular flexibility index (Phi) is 9.55. The summed E-state index contributed by atoms with van der Waals surface area (Å²) in [4.78, 5) is 8.98. The fraction of sp³-hybridized carbons (Fsp3) is 0.280. The fourth-order valence-electron chi connectivity index (χ4n) is 2.87. The molecule has 0 radical (unpaired) electrons. The van der Waals surface area contributed by atoms with Crippen molar-refractivity contribution in [3.63, 3.8) is 0 Å². The number of ether oxygens (including phenoxy) is 1. The van der Waals surface area contributed by atoms with Crippen LogP contribution in [-0.2, 0) is 4.74 Å². The van der Waals surface area contributed by atoms with Crippen molar-refractivity contribution in [3.05, 3.63) is 82.7 Å². The monoisotopic (exact) mass is 392 g/mol. The molecule has 0 spiro atoms. The maximum absolute atomic E-state index is 14.4. The van der Waals surface area contributed by atoms with Gasteiger partial charge >= 0.3 is 0 Å². The summed E-state index contributed by atoms with van der Waals surface area (Å²) in [6, 6.07) is 0. The van der Waals surface area contributed by atoms with Crippen molar-refractivity contribution in [2.45, 2.75) is 40.5 Å². The van der Waals surface area contributed by atoms with Crippen LogP contribution < -0.4 is 0 Å². The molecule has 3 nitrogen and oxygen atoms in total. The molecule has 0 atom stereocenters. The lowest BCUT2D eigenvalue weighted by Crippen LogP contribution is -2.04. The first-order valence-electron chi connectivity index (χ1n) is 9.36. The molecule has 0 bridgehead atoms. The van der Waals surface area contributed by atoms with E-state index in [0.29, 0.717) is 24.4 Å². The first-order valence-corrected chi connectivity index (χ1v) is 9.36. The van der Waals surface area contributed by atoms with Crippen molar-refractivity contribution in [1.29, 1.82) is 0 Å². The van der Waals surface area contributed by atoms with Crippen LogP contribution in [0.25, 0.3) is 0 Å². The van der Waals surface area contributed by atoms with Gasteiger partial charge in [0.1, 0.15) is 5.83 Å². The Morgan fingerprint density at radius 3 is 2.55 bits per heavy atom. The zero-order chi connectivity index (χ0) is 22.0. The normalized spacial score (nSPS) is 17.0. The number of methoxy groups -OCH3 is 1. The molecule has 0 aliphatic heterocycles. The zero-order valence-corrected chi connectivity index (χ0v) is 18.0. The van der Waals surface area contributed by atoms with Gasteiger partial charge in [0.2, 0.25) is 5.88 Å². The smallest absolute Gasteiger partial charge is 0.205 e. The highest BCUT2D eigenvalue weighted by Gasteiger charge is 2.17. The van der Waals surface area contributed by atoms with Crippen LogP contribution in [0.1, 0.15) is 40.5 Å². The van der Waals surface area contributed by atoms with Crippen LogP contribution in [0.3, 0.4) is 0 Å². The lowest BCUT2D eigenvalue weighted by atomic mass is 9.94. The summed E-state index contributed by atoms with van der Waals surface area (Å²) in [5.41, 5.74) is 5.03. The Morgan fingerprint density at radius 1 is 1.34 bits per heavy atom. The molecule has 0 amide bonds. The van der Waals surface area contributed by atoms with E-state index < -0.39 is 5.83 Å². The van der Waals surface area contributed by atoms with Gasteiger partial charge in [0.05, 0.1) is 18.4 Å². The predicted molar refractivity (Wildman–Crippen MR) is 122 cm³/mol. The van der Waals surface area contributed by atoms with Gasteiger partial charge in [-0.3, -0.25) is 4.99 Å². The van der Waals surface area contributed by atoms with Crippen LogP contribution in [0, 0.1) is 12.3 Å².